The highest BCUT2D eigenvalue weighted by Crippen LogP contribution is 2.38. The van der Waals surface area contributed by atoms with E-state index in [-0.39, 0.29) is 41.6 Å². The van der Waals surface area contributed by atoms with Crippen molar-refractivity contribution in [1.29, 1.82) is 0 Å². The average molecular weight is 477 g/mol. The van der Waals surface area contributed by atoms with Crippen LogP contribution in [0.15, 0.2) is 35.0 Å². The smallest absolute Gasteiger partial charge is 0.465 e. The number of rotatable bonds is 6. The first-order valence-electron chi connectivity index (χ1n) is 10.7. The molecule has 2 unspecified atom stereocenters. The van der Waals surface area contributed by atoms with Gasteiger partial charge in [-0.05, 0) is 38.0 Å². The molecule has 2 aromatic heterocycles. The normalized spacial score (nSPS) is 20.1. The third-order valence-electron chi connectivity index (χ3n) is 5.95. The number of nitrogens with zero attached hydrogens (tertiary/aromatic N) is 5. The van der Waals surface area contributed by atoms with Crippen LogP contribution >= 0.6 is 0 Å². The Morgan fingerprint density at radius 1 is 1.26 bits per heavy atom. The molecule has 0 radical (unpaired) electrons. The maximum Gasteiger partial charge on any atom is 0.502 e. The van der Waals surface area contributed by atoms with Crippen molar-refractivity contribution in [2.24, 2.45) is 0 Å². The number of benzene rings is 1. The van der Waals surface area contributed by atoms with Crippen LogP contribution in [0.3, 0.4) is 0 Å². The van der Waals surface area contributed by atoms with E-state index in [0.29, 0.717) is 31.6 Å². The first kappa shape index (κ1) is 21.9. The Labute approximate surface area is 191 Å². The van der Waals surface area contributed by atoms with E-state index >= 15 is 0 Å². The minimum atomic E-state index is -4.23. The Bertz CT molecular complexity index is 1220. The summed E-state index contributed by atoms with van der Waals surface area (Å²) in [5.74, 6) is -2.18. The van der Waals surface area contributed by atoms with Crippen molar-refractivity contribution in [3.8, 4) is 11.4 Å². The summed E-state index contributed by atoms with van der Waals surface area (Å²) in [6.45, 7) is 1.88. The Morgan fingerprint density at radius 2 is 2.00 bits per heavy atom. The van der Waals surface area contributed by atoms with Gasteiger partial charge in [0.2, 0.25) is 0 Å². The van der Waals surface area contributed by atoms with Crippen LogP contribution in [0.1, 0.15) is 19.8 Å². The second-order valence-corrected chi connectivity index (χ2v) is 8.03. The number of hydrogen-bond acceptors (Lipinski definition) is 8. The molecule has 2 fully saturated rings. The Kier molecular flexibility index (Phi) is 5.25. The predicted octanol–water partition coefficient (Wildman–Crippen LogP) is 2.88. The molecule has 2 atom stereocenters. The molecule has 5 rings (SSSR count). The number of fused-ring (bicyclic) bond motifs is 3. The third kappa shape index (κ3) is 3.66. The molecule has 0 aliphatic carbocycles. The quantitative estimate of drug-likeness (QED) is 0.534. The highest BCUT2D eigenvalue weighted by atomic mass is 19.3. The molecule has 1 amide bonds. The first-order chi connectivity index (χ1) is 16.3. The number of carboxylic acid groups (broad SMARTS) is 1. The molecule has 4 heterocycles. The van der Waals surface area contributed by atoms with E-state index in [1.54, 1.807) is 23.4 Å². The lowest BCUT2D eigenvalue weighted by molar-refractivity contribution is -0.216. The number of carbonyl (C=O) groups is 2. The molecule has 2 aliphatic heterocycles. The minimum absolute atomic E-state index is 0.0278. The molecule has 0 spiro atoms. The largest absolute Gasteiger partial charge is 0.502 e. The standard InChI is InChI=1S/C21H21F2N5O6/c1-2-32-18(29)21(22,23)34-15-7-6-14(27-9-3-8-24-27)17-16(15)25-19(33-17)26-10-12-4-5-13(11-26)28(12)20(30)31/h3,6-9,12-13H,2,4-5,10-11H2,1H3,(H,30,31). The van der Waals surface area contributed by atoms with Crippen molar-refractivity contribution in [2.45, 2.75) is 38.0 Å². The van der Waals surface area contributed by atoms with E-state index in [9.17, 15) is 23.5 Å². The number of ether oxygens (including phenoxy) is 2. The second-order valence-electron chi connectivity index (χ2n) is 8.03. The van der Waals surface area contributed by atoms with Gasteiger partial charge in [0, 0.05) is 25.5 Å². The molecular formula is C21H21F2N5O6. The van der Waals surface area contributed by atoms with E-state index in [1.807, 2.05) is 0 Å². The number of alkyl halides is 2. The number of halogens is 2. The summed E-state index contributed by atoms with van der Waals surface area (Å²) >= 11 is 0. The van der Waals surface area contributed by atoms with Gasteiger partial charge in [0.05, 0.1) is 18.7 Å². The van der Waals surface area contributed by atoms with E-state index in [2.05, 4.69) is 14.8 Å². The van der Waals surface area contributed by atoms with E-state index in [0.717, 1.165) is 0 Å². The number of piperazine rings is 1. The SMILES string of the molecule is CCOC(=O)C(F)(F)Oc1ccc(-n2cccn2)c2oc(N3CC4CCC(C3)N4C(=O)O)nc12. The number of hydrogen-bond donors (Lipinski definition) is 1. The summed E-state index contributed by atoms with van der Waals surface area (Å²) in [6, 6.07) is 4.10. The monoisotopic (exact) mass is 477 g/mol. The van der Waals surface area contributed by atoms with Gasteiger partial charge in [0.1, 0.15) is 5.69 Å². The Balaban J connectivity index is 1.54. The zero-order chi connectivity index (χ0) is 24.0. The molecular weight excluding hydrogens is 456 g/mol. The van der Waals surface area contributed by atoms with Crippen molar-refractivity contribution in [2.75, 3.05) is 24.6 Å². The molecule has 13 heteroatoms. The summed E-state index contributed by atoms with van der Waals surface area (Å²) in [5, 5.41) is 13.7. The maximum atomic E-state index is 14.3. The first-order valence-corrected chi connectivity index (χ1v) is 10.7. The number of carbonyl (C=O) groups excluding carboxylic acids is 1. The molecule has 3 aromatic rings. The number of oxazole rings is 1. The number of amides is 1. The van der Waals surface area contributed by atoms with Crippen LogP contribution in [0.5, 0.6) is 5.75 Å². The van der Waals surface area contributed by atoms with Crippen LogP contribution in [0.4, 0.5) is 19.6 Å². The van der Waals surface area contributed by atoms with Crippen molar-refractivity contribution >= 4 is 29.2 Å². The van der Waals surface area contributed by atoms with Crippen molar-refractivity contribution in [3.63, 3.8) is 0 Å². The molecule has 34 heavy (non-hydrogen) atoms. The third-order valence-corrected chi connectivity index (χ3v) is 5.95. The average Bonchev–Trinajstić information content (AvgIpc) is 3.52. The number of aromatic nitrogens is 3. The van der Waals surface area contributed by atoms with Gasteiger partial charge >= 0.3 is 18.2 Å². The summed E-state index contributed by atoms with van der Waals surface area (Å²) in [7, 11) is 0. The van der Waals surface area contributed by atoms with Crippen LogP contribution in [0.2, 0.25) is 0 Å². The number of anilines is 1. The van der Waals surface area contributed by atoms with Gasteiger partial charge in [-0.25, -0.2) is 14.3 Å². The lowest BCUT2D eigenvalue weighted by Gasteiger charge is -2.38. The van der Waals surface area contributed by atoms with Gasteiger partial charge in [-0.1, -0.05) is 0 Å². The lowest BCUT2D eigenvalue weighted by Crippen LogP contribution is -2.55. The van der Waals surface area contributed by atoms with Crippen molar-refractivity contribution in [3.05, 3.63) is 30.6 Å². The van der Waals surface area contributed by atoms with E-state index in [1.165, 1.54) is 28.6 Å². The maximum absolute atomic E-state index is 14.3. The van der Waals surface area contributed by atoms with Gasteiger partial charge in [0.25, 0.3) is 6.01 Å². The lowest BCUT2D eigenvalue weighted by atomic mass is 10.2. The van der Waals surface area contributed by atoms with Crippen LogP contribution < -0.4 is 9.64 Å². The van der Waals surface area contributed by atoms with Gasteiger partial charge < -0.3 is 23.9 Å². The zero-order valence-electron chi connectivity index (χ0n) is 18.1. The molecule has 1 aromatic carbocycles. The van der Waals surface area contributed by atoms with E-state index < -0.39 is 18.2 Å². The van der Waals surface area contributed by atoms with Gasteiger partial charge in [-0.15, -0.1) is 0 Å². The van der Waals surface area contributed by atoms with Crippen LogP contribution in [-0.4, -0.2) is 74.7 Å². The van der Waals surface area contributed by atoms with Crippen LogP contribution in [0, 0.1) is 0 Å². The number of esters is 1. The summed E-state index contributed by atoms with van der Waals surface area (Å²) in [4.78, 5) is 30.9. The van der Waals surface area contributed by atoms with Crippen molar-refractivity contribution < 1.29 is 37.4 Å². The summed E-state index contributed by atoms with van der Waals surface area (Å²) in [5.41, 5.74) is 0.529. The molecule has 1 N–H and O–H groups in total. The van der Waals surface area contributed by atoms with Crippen LogP contribution in [0.25, 0.3) is 16.8 Å². The molecule has 2 bridgehead atoms. The van der Waals surface area contributed by atoms with Gasteiger partial charge in [0.15, 0.2) is 16.8 Å². The Morgan fingerprint density at radius 3 is 2.62 bits per heavy atom. The fourth-order valence-electron chi connectivity index (χ4n) is 4.53. The molecule has 0 saturated carbocycles. The molecule has 11 nitrogen and oxygen atoms in total. The highest BCUT2D eigenvalue weighted by Gasteiger charge is 2.46. The minimum Gasteiger partial charge on any atom is -0.465 e. The zero-order valence-corrected chi connectivity index (χ0v) is 18.1. The van der Waals surface area contributed by atoms with Gasteiger partial charge in [-0.3, -0.25) is 4.90 Å². The highest BCUT2D eigenvalue weighted by molar-refractivity contribution is 5.89. The van der Waals surface area contributed by atoms with Gasteiger partial charge in [-0.2, -0.15) is 18.9 Å². The fourth-order valence-corrected chi connectivity index (χ4v) is 4.53. The predicted molar refractivity (Wildman–Crippen MR) is 112 cm³/mol. The Hall–Kier alpha value is -3.90. The van der Waals surface area contributed by atoms with E-state index in [4.69, 9.17) is 9.15 Å². The summed E-state index contributed by atoms with van der Waals surface area (Å²) < 4.78 is 45.3. The molecule has 180 valence electrons. The second kappa shape index (κ2) is 8.15. The summed E-state index contributed by atoms with van der Waals surface area (Å²) in [6.07, 6.45) is -0.579. The topological polar surface area (TPSA) is 123 Å². The fraction of sp³-hybridized carbons (Fsp3) is 0.429. The molecule has 2 aliphatic rings. The molecule has 2 saturated heterocycles. The van der Waals surface area contributed by atoms with Crippen LogP contribution in [-0.2, 0) is 9.53 Å². The van der Waals surface area contributed by atoms with Crippen molar-refractivity contribution in [1.82, 2.24) is 19.7 Å².